The standard InChI is InChI=1S/C16H13ClN4S/c1-11-3-2-4-12(9-11)10-18-21-15(19-20-16(21)22)13-5-7-14(17)8-6-13/h2-10H,1H3,(H,20,22)/b18-10-. The Kier molecular flexibility index (Phi) is 4.18. The van der Waals surface area contributed by atoms with Crippen LogP contribution in [0.2, 0.25) is 5.02 Å². The third-order valence-electron chi connectivity index (χ3n) is 3.12. The quantitative estimate of drug-likeness (QED) is 0.570. The van der Waals surface area contributed by atoms with Gasteiger partial charge in [0.15, 0.2) is 5.82 Å². The number of benzene rings is 2. The summed E-state index contributed by atoms with van der Waals surface area (Å²) >= 11 is 11.2. The Bertz CT molecular complexity index is 878. The zero-order valence-corrected chi connectivity index (χ0v) is 13.4. The number of hydrogen-bond donors (Lipinski definition) is 1. The summed E-state index contributed by atoms with van der Waals surface area (Å²) in [6, 6.07) is 15.5. The Morgan fingerprint density at radius 1 is 1.23 bits per heavy atom. The van der Waals surface area contributed by atoms with Gasteiger partial charge in [-0.25, -0.2) is 5.10 Å². The van der Waals surface area contributed by atoms with E-state index in [1.54, 1.807) is 10.9 Å². The topological polar surface area (TPSA) is 46.0 Å². The van der Waals surface area contributed by atoms with Crippen molar-refractivity contribution < 1.29 is 0 Å². The van der Waals surface area contributed by atoms with Gasteiger partial charge in [0.05, 0.1) is 6.21 Å². The van der Waals surface area contributed by atoms with Crippen molar-refractivity contribution >= 4 is 30.0 Å². The highest BCUT2D eigenvalue weighted by Crippen LogP contribution is 2.19. The molecule has 6 heteroatoms. The molecular weight excluding hydrogens is 316 g/mol. The molecule has 4 nitrogen and oxygen atoms in total. The number of rotatable bonds is 3. The van der Waals surface area contributed by atoms with Crippen molar-refractivity contribution in [3.05, 3.63) is 69.5 Å². The number of nitrogens with one attached hydrogen (secondary N) is 1. The van der Waals surface area contributed by atoms with Crippen LogP contribution in [-0.2, 0) is 0 Å². The van der Waals surface area contributed by atoms with E-state index in [2.05, 4.69) is 21.4 Å². The molecule has 0 aliphatic rings. The maximum atomic E-state index is 5.91. The van der Waals surface area contributed by atoms with E-state index < -0.39 is 0 Å². The smallest absolute Gasteiger partial charge is 0.216 e. The summed E-state index contributed by atoms with van der Waals surface area (Å²) in [7, 11) is 0. The van der Waals surface area contributed by atoms with Crippen LogP contribution >= 0.6 is 23.8 Å². The summed E-state index contributed by atoms with van der Waals surface area (Å²) in [4.78, 5) is 0. The average Bonchev–Trinajstić information content (AvgIpc) is 2.87. The van der Waals surface area contributed by atoms with Crippen molar-refractivity contribution in [3.63, 3.8) is 0 Å². The molecule has 22 heavy (non-hydrogen) atoms. The molecule has 0 amide bonds. The van der Waals surface area contributed by atoms with E-state index in [0.29, 0.717) is 15.6 Å². The Balaban J connectivity index is 1.99. The molecular formula is C16H13ClN4S. The molecule has 0 saturated heterocycles. The maximum absolute atomic E-state index is 5.91. The first-order valence-corrected chi connectivity index (χ1v) is 7.46. The van der Waals surface area contributed by atoms with Crippen LogP contribution in [-0.4, -0.2) is 21.1 Å². The predicted molar refractivity (Wildman–Crippen MR) is 92.0 cm³/mol. The molecule has 0 aliphatic heterocycles. The molecule has 0 saturated carbocycles. The van der Waals surface area contributed by atoms with Gasteiger partial charge in [-0.2, -0.15) is 14.9 Å². The molecule has 110 valence electrons. The molecule has 1 N–H and O–H groups in total. The van der Waals surface area contributed by atoms with Crippen LogP contribution in [0.3, 0.4) is 0 Å². The van der Waals surface area contributed by atoms with E-state index in [-0.39, 0.29) is 0 Å². The Labute approximate surface area is 138 Å². The van der Waals surface area contributed by atoms with Gasteiger partial charge in [-0.15, -0.1) is 0 Å². The van der Waals surface area contributed by atoms with Crippen molar-refractivity contribution in [2.75, 3.05) is 0 Å². The highest BCUT2D eigenvalue weighted by molar-refractivity contribution is 7.71. The lowest BCUT2D eigenvalue weighted by Gasteiger charge is -2.01. The van der Waals surface area contributed by atoms with Crippen molar-refractivity contribution in [1.82, 2.24) is 14.9 Å². The number of aromatic amines is 1. The molecule has 3 aromatic rings. The molecule has 0 fully saturated rings. The monoisotopic (exact) mass is 328 g/mol. The molecule has 2 aromatic carbocycles. The molecule has 3 rings (SSSR count). The fraction of sp³-hybridized carbons (Fsp3) is 0.0625. The minimum Gasteiger partial charge on any atom is -0.250 e. The second-order valence-corrected chi connectivity index (χ2v) is 5.65. The van der Waals surface area contributed by atoms with E-state index in [1.165, 1.54) is 5.56 Å². The van der Waals surface area contributed by atoms with E-state index in [9.17, 15) is 0 Å². The summed E-state index contributed by atoms with van der Waals surface area (Å²) in [6.45, 7) is 2.04. The SMILES string of the molecule is Cc1cccc(/C=N\n2c(-c3ccc(Cl)cc3)n[nH]c2=S)c1. The van der Waals surface area contributed by atoms with Gasteiger partial charge in [-0.1, -0.05) is 41.4 Å². The lowest BCUT2D eigenvalue weighted by molar-refractivity contribution is 0.871. The van der Waals surface area contributed by atoms with Gasteiger partial charge in [0.2, 0.25) is 4.77 Å². The van der Waals surface area contributed by atoms with Gasteiger partial charge in [-0.3, -0.25) is 0 Å². The van der Waals surface area contributed by atoms with E-state index in [4.69, 9.17) is 23.8 Å². The fourth-order valence-corrected chi connectivity index (χ4v) is 2.36. The highest BCUT2D eigenvalue weighted by atomic mass is 35.5. The molecule has 0 atom stereocenters. The first-order valence-electron chi connectivity index (χ1n) is 6.68. The molecule has 0 aliphatic carbocycles. The summed E-state index contributed by atoms with van der Waals surface area (Å²) in [5.41, 5.74) is 3.07. The number of halogens is 1. The Morgan fingerprint density at radius 3 is 2.73 bits per heavy atom. The zero-order chi connectivity index (χ0) is 15.5. The van der Waals surface area contributed by atoms with Gasteiger partial charge in [0, 0.05) is 10.6 Å². The van der Waals surface area contributed by atoms with Crippen molar-refractivity contribution in [3.8, 4) is 11.4 Å². The van der Waals surface area contributed by atoms with Crippen LogP contribution in [0, 0.1) is 11.7 Å². The second-order valence-electron chi connectivity index (χ2n) is 4.83. The first kappa shape index (κ1) is 14.7. The van der Waals surface area contributed by atoms with Gasteiger partial charge >= 0.3 is 0 Å². The van der Waals surface area contributed by atoms with Crippen LogP contribution in [0.25, 0.3) is 11.4 Å². The first-order chi connectivity index (χ1) is 10.6. The Hall–Kier alpha value is -2.24. The molecule has 0 bridgehead atoms. The van der Waals surface area contributed by atoms with E-state index in [0.717, 1.165) is 11.1 Å². The van der Waals surface area contributed by atoms with Gasteiger partial charge in [0.1, 0.15) is 0 Å². The number of nitrogens with zero attached hydrogens (tertiary/aromatic N) is 3. The molecule has 1 aromatic heterocycles. The molecule has 0 radical (unpaired) electrons. The van der Waals surface area contributed by atoms with Crippen LogP contribution in [0.4, 0.5) is 0 Å². The van der Waals surface area contributed by atoms with Crippen molar-refractivity contribution in [1.29, 1.82) is 0 Å². The van der Waals surface area contributed by atoms with Crippen molar-refractivity contribution in [2.45, 2.75) is 6.92 Å². The van der Waals surface area contributed by atoms with E-state index in [1.807, 2.05) is 49.4 Å². The largest absolute Gasteiger partial charge is 0.250 e. The normalized spacial score (nSPS) is 11.2. The number of aryl methyl sites for hydroxylation is 1. The molecule has 0 spiro atoms. The number of H-pyrrole nitrogens is 1. The van der Waals surface area contributed by atoms with Crippen molar-refractivity contribution in [2.24, 2.45) is 5.10 Å². The van der Waals surface area contributed by atoms with Gasteiger partial charge in [0.25, 0.3) is 0 Å². The number of aromatic nitrogens is 3. The van der Waals surface area contributed by atoms with Gasteiger partial charge in [-0.05, 0) is 49.0 Å². The summed E-state index contributed by atoms with van der Waals surface area (Å²) in [6.07, 6.45) is 1.76. The fourth-order valence-electron chi connectivity index (χ4n) is 2.06. The number of hydrogen-bond acceptors (Lipinski definition) is 3. The van der Waals surface area contributed by atoms with Crippen LogP contribution in [0.1, 0.15) is 11.1 Å². The Morgan fingerprint density at radius 2 is 2.00 bits per heavy atom. The molecule has 0 unspecified atom stereocenters. The highest BCUT2D eigenvalue weighted by Gasteiger charge is 2.07. The van der Waals surface area contributed by atoms with Crippen LogP contribution < -0.4 is 0 Å². The minimum atomic E-state index is 0.439. The third-order valence-corrected chi connectivity index (χ3v) is 3.63. The van der Waals surface area contributed by atoms with Gasteiger partial charge < -0.3 is 0 Å². The molecule has 1 heterocycles. The van der Waals surface area contributed by atoms with Crippen LogP contribution in [0.5, 0.6) is 0 Å². The summed E-state index contributed by atoms with van der Waals surface area (Å²) < 4.78 is 2.04. The van der Waals surface area contributed by atoms with E-state index >= 15 is 0 Å². The predicted octanol–water partition coefficient (Wildman–Crippen LogP) is 4.45. The summed E-state index contributed by atoms with van der Waals surface area (Å²) in [5, 5.41) is 12.1. The lowest BCUT2D eigenvalue weighted by atomic mass is 10.2. The zero-order valence-electron chi connectivity index (χ0n) is 11.8. The summed E-state index contributed by atoms with van der Waals surface area (Å²) in [5.74, 6) is 0.644. The maximum Gasteiger partial charge on any atom is 0.216 e. The average molecular weight is 329 g/mol. The lowest BCUT2D eigenvalue weighted by Crippen LogP contribution is -1.95. The minimum absolute atomic E-state index is 0.439. The third kappa shape index (κ3) is 3.16. The van der Waals surface area contributed by atoms with Crippen LogP contribution in [0.15, 0.2) is 53.6 Å². The second kappa shape index (κ2) is 6.25.